The summed E-state index contributed by atoms with van der Waals surface area (Å²) in [5.41, 5.74) is -0.678. The summed E-state index contributed by atoms with van der Waals surface area (Å²) in [5.74, 6) is -1.07. The quantitative estimate of drug-likeness (QED) is 0.723. The standard InChI is InChI=1S/C18H31N3O6/c1-12(2)11-21(16(24)19-10-14(22)26-6)15(23)13-8-7-9-20(13)17(25)27-18(3,4)5/h12-13H,7-11H2,1-6H3,(H,19,24). The first kappa shape index (κ1) is 22.7. The number of rotatable bonds is 5. The largest absolute Gasteiger partial charge is 0.468 e. The molecule has 27 heavy (non-hydrogen) atoms. The fourth-order valence-electron chi connectivity index (χ4n) is 2.70. The smallest absolute Gasteiger partial charge is 0.410 e. The number of urea groups is 1. The maximum absolute atomic E-state index is 13.0. The SMILES string of the molecule is COC(=O)CNC(=O)N(CC(C)C)C(=O)C1CCCN1C(=O)OC(C)(C)C. The highest BCUT2D eigenvalue weighted by atomic mass is 16.6. The van der Waals surface area contributed by atoms with Crippen LogP contribution < -0.4 is 5.32 Å². The molecule has 0 bridgehead atoms. The fraction of sp³-hybridized carbons (Fsp3) is 0.778. The Bertz CT molecular complexity index is 570. The Hall–Kier alpha value is -2.32. The molecule has 4 amide bonds. The van der Waals surface area contributed by atoms with Crippen LogP contribution in [0, 0.1) is 5.92 Å². The van der Waals surface area contributed by atoms with Crippen molar-refractivity contribution in [3.63, 3.8) is 0 Å². The average Bonchev–Trinajstić information content (AvgIpc) is 3.04. The molecule has 1 fully saturated rings. The molecule has 0 radical (unpaired) electrons. The minimum absolute atomic E-state index is 0.0224. The number of hydrogen-bond donors (Lipinski definition) is 1. The summed E-state index contributed by atoms with van der Waals surface area (Å²) in [5, 5.41) is 2.38. The van der Waals surface area contributed by atoms with Gasteiger partial charge in [-0.3, -0.25) is 19.4 Å². The predicted molar refractivity (Wildman–Crippen MR) is 97.9 cm³/mol. The summed E-state index contributed by atoms with van der Waals surface area (Å²) in [6.45, 7) is 9.23. The van der Waals surface area contributed by atoms with Gasteiger partial charge in [-0.2, -0.15) is 0 Å². The number of amides is 4. The number of ether oxygens (including phenoxy) is 2. The second kappa shape index (κ2) is 9.57. The van der Waals surface area contributed by atoms with Gasteiger partial charge in [0.2, 0.25) is 0 Å². The molecule has 9 heteroatoms. The Balaban J connectivity index is 2.91. The third kappa shape index (κ3) is 7.07. The Labute approximate surface area is 160 Å². The number of carbonyl (C=O) groups excluding carboxylic acids is 4. The van der Waals surface area contributed by atoms with Crippen LogP contribution in [-0.4, -0.2) is 72.2 Å². The number of methoxy groups -OCH3 is 1. The zero-order valence-corrected chi connectivity index (χ0v) is 17.0. The fourth-order valence-corrected chi connectivity index (χ4v) is 2.70. The van der Waals surface area contributed by atoms with Gasteiger partial charge >= 0.3 is 18.1 Å². The van der Waals surface area contributed by atoms with Gasteiger partial charge in [0.05, 0.1) is 7.11 Å². The van der Waals surface area contributed by atoms with Crippen molar-refractivity contribution < 1.29 is 28.7 Å². The van der Waals surface area contributed by atoms with Crippen LogP contribution in [0.4, 0.5) is 9.59 Å². The molecule has 0 aromatic carbocycles. The zero-order chi connectivity index (χ0) is 20.8. The first-order valence-corrected chi connectivity index (χ1v) is 9.12. The second-order valence-corrected chi connectivity index (χ2v) is 7.91. The molecule has 1 heterocycles. The maximum Gasteiger partial charge on any atom is 0.410 e. The number of imide groups is 1. The van der Waals surface area contributed by atoms with Crippen LogP contribution in [0.1, 0.15) is 47.5 Å². The summed E-state index contributed by atoms with van der Waals surface area (Å²) in [6, 6.07) is -1.45. The minimum atomic E-state index is -0.762. The van der Waals surface area contributed by atoms with Gasteiger partial charge in [-0.15, -0.1) is 0 Å². The molecule has 9 nitrogen and oxygen atoms in total. The van der Waals surface area contributed by atoms with Crippen LogP contribution >= 0.6 is 0 Å². The summed E-state index contributed by atoms with van der Waals surface area (Å²) >= 11 is 0. The highest BCUT2D eigenvalue weighted by Gasteiger charge is 2.40. The van der Waals surface area contributed by atoms with Crippen molar-refractivity contribution in [2.45, 2.75) is 59.1 Å². The van der Waals surface area contributed by atoms with Crippen molar-refractivity contribution in [3.05, 3.63) is 0 Å². The van der Waals surface area contributed by atoms with E-state index in [1.165, 1.54) is 12.0 Å². The van der Waals surface area contributed by atoms with Crippen LogP contribution in [0.25, 0.3) is 0 Å². The van der Waals surface area contributed by atoms with Crippen LogP contribution in [0.3, 0.4) is 0 Å². The van der Waals surface area contributed by atoms with Crippen molar-refractivity contribution in [2.24, 2.45) is 5.92 Å². The third-order valence-corrected chi connectivity index (χ3v) is 3.84. The van der Waals surface area contributed by atoms with E-state index in [0.29, 0.717) is 19.4 Å². The van der Waals surface area contributed by atoms with E-state index in [-0.39, 0.29) is 19.0 Å². The number of nitrogens with one attached hydrogen (secondary N) is 1. The monoisotopic (exact) mass is 385 g/mol. The molecule has 1 aliphatic heterocycles. The molecule has 0 aromatic rings. The minimum Gasteiger partial charge on any atom is -0.468 e. The van der Waals surface area contributed by atoms with Gasteiger partial charge in [-0.1, -0.05) is 13.8 Å². The summed E-state index contributed by atoms with van der Waals surface area (Å²) in [7, 11) is 1.21. The maximum atomic E-state index is 13.0. The number of likely N-dealkylation sites (tertiary alicyclic amines) is 1. The van der Waals surface area contributed by atoms with E-state index in [4.69, 9.17) is 4.74 Å². The molecular formula is C18H31N3O6. The normalized spacial score (nSPS) is 16.9. The molecule has 0 spiro atoms. The Morgan fingerprint density at radius 2 is 1.85 bits per heavy atom. The van der Waals surface area contributed by atoms with Gasteiger partial charge < -0.3 is 14.8 Å². The van der Waals surface area contributed by atoms with Crippen LogP contribution in [-0.2, 0) is 19.1 Å². The Morgan fingerprint density at radius 3 is 2.37 bits per heavy atom. The first-order chi connectivity index (χ1) is 12.5. The summed E-state index contributed by atoms with van der Waals surface area (Å²) in [6.07, 6.45) is 0.532. The molecule has 1 N–H and O–H groups in total. The number of nitrogens with zero attached hydrogens (tertiary/aromatic N) is 2. The van der Waals surface area contributed by atoms with Crippen LogP contribution in [0.2, 0.25) is 0 Å². The Kier molecular flexibility index (Phi) is 8.05. The lowest BCUT2D eigenvalue weighted by atomic mass is 10.1. The highest BCUT2D eigenvalue weighted by molar-refractivity contribution is 5.99. The van der Waals surface area contributed by atoms with Crippen molar-refractivity contribution in [1.29, 1.82) is 0 Å². The third-order valence-electron chi connectivity index (χ3n) is 3.84. The number of hydrogen-bond acceptors (Lipinski definition) is 6. The van der Waals surface area contributed by atoms with E-state index >= 15 is 0 Å². The molecule has 1 aliphatic rings. The first-order valence-electron chi connectivity index (χ1n) is 9.12. The number of esters is 1. The summed E-state index contributed by atoms with van der Waals surface area (Å²) in [4.78, 5) is 51.6. The Morgan fingerprint density at radius 1 is 1.22 bits per heavy atom. The number of carbonyl (C=O) groups is 4. The van der Waals surface area contributed by atoms with Gasteiger partial charge in [0.1, 0.15) is 18.2 Å². The second-order valence-electron chi connectivity index (χ2n) is 7.91. The van der Waals surface area contributed by atoms with E-state index in [9.17, 15) is 19.2 Å². The van der Waals surface area contributed by atoms with Crippen LogP contribution in [0.5, 0.6) is 0 Å². The van der Waals surface area contributed by atoms with Crippen LogP contribution in [0.15, 0.2) is 0 Å². The van der Waals surface area contributed by atoms with Gasteiger partial charge in [0, 0.05) is 13.1 Å². The highest BCUT2D eigenvalue weighted by Crippen LogP contribution is 2.23. The molecule has 0 saturated carbocycles. The molecule has 1 rings (SSSR count). The van der Waals surface area contributed by atoms with E-state index in [1.807, 2.05) is 13.8 Å². The summed E-state index contributed by atoms with van der Waals surface area (Å²) < 4.78 is 9.86. The predicted octanol–water partition coefficient (Wildman–Crippen LogP) is 1.75. The van der Waals surface area contributed by atoms with E-state index in [0.717, 1.165) is 4.90 Å². The molecule has 154 valence electrons. The van der Waals surface area contributed by atoms with Gasteiger partial charge in [-0.25, -0.2) is 9.59 Å². The average molecular weight is 385 g/mol. The molecule has 1 atom stereocenters. The van der Waals surface area contributed by atoms with Crippen molar-refractivity contribution in [2.75, 3.05) is 26.7 Å². The molecule has 0 aromatic heterocycles. The van der Waals surface area contributed by atoms with E-state index in [1.54, 1.807) is 20.8 Å². The lowest BCUT2D eigenvalue weighted by Crippen LogP contribution is -2.54. The van der Waals surface area contributed by atoms with E-state index < -0.39 is 35.6 Å². The van der Waals surface area contributed by atoms with Crippen molar-refractivity contribution >= 4 is 24.0 Å². The molecule has 1 unspecified atom stereocenters. The molecule has 0 aliphatic carbocycles. The van der Waals surface area contributed by atoms with E-state index in [2.05, 4.69) is 10.1 Å². The van der Waals surface area contributed by atoms with Gasteiger partial charge in [0.25, 0.3) is 5.91 Å². The van der Waals surface area contributed by atoms with Gasteiger partial charge in [0.15, 0.2) is 0 Å². The van der Waals surface area contributed by atoms with Crippen molar-refractivity contribution in [3.8, 4) is 0 Å². The molecular weight excluding hydrogens is 354 g/mol. The lowest BCUT2D eigenvalue weighted by molar-refractivity contribution is -0.139. The topological polar surface area (TPSA) is 105 Å². The zero-order valence-electron chi connectivity index (χ0n) is 17.0. The lowest BCUT2D eigenvalue weighted by Gasteiger charge is -2.31. The van der Waals surface area contributed by atoms with Crippen molar-refractivity contribution in [1.82, 2.24) is 15.1 Å². The van der Waals surface area contributed by atoms with Gasteiger partial charge in [-0.05, 0) is 39.5 Å². The molecule has 1 saturated heterocycles.